The van der Waals surface area contributed by atoms with Crippen LogP contribution in [0.2, 0.25) is 0 Å². The van der Waals surface area contributed by atoms with Crippen LogP contribution in [0.15, 0.2) is 0 Å². The number of nitrogens with zero attached hydrogens (tertiary/aromatic N) is 4. The summed E-state index contributed by atoms with van der Waals surface area (Å²) in [6.45, 7) is 9.15. The lowest BCUT2D eigenvalue weighted by Crippen LogP contribution is -2.41. The summed E-state index contributed by atoms with van der Waals surface area (Å²) in [4.78, 5) is 26.0. The molecular weight excluding hydrogens is 274 g/mol. The zero-order valence-corrected chi connectivity index (χ0v) is 12.9. The van der Waals surface area contributed by atoms with E-state index in [2.05, 4.69) is 25.7 Å². The number of hydrogen-bond donors (Lipinski definition) is 3. The van der Waals surface area contributed by atoms with E-state index in [0.29, 0.717) is 19.7 Å². The van der Waals surface area contributed by atoms with Crippen LogP contribution in [0.5, 0.6) is 6.01 Å². The molecule has 1 atom stereocenters. The summed E-state index contributed by atoms with van der Waals surface area (Å²) >= 11 is 0. The van der Waals surface area contributed by atoms with Crippen molar-refractivity contribution in [2.45, 2.75) is 33.7 Å². The maximum atomic E-state index is 12.2. The minimum Gasteiger partial charge on any atom is -0.464 e. The standard InChI is InChI=1S/C12H23N7O2/c1-5-19(6-2)9(20)8(4)14-10-15-11(18-13)17-12(16-10)21-7-3/h8H,5-7,13H2,1-4H3,(H2,14,15,16,17,18). The van der Waals surface area contributed by atoms with E-state index in [1.807, 2.05) is 20.8 Å². The van der Waals surface area contributed by atoms with E-state index in [4.69, 9.17) is 10.6 Å². The number of hydrogen-bond acceptors (Lipinski definition) is 8. The average Bonchev–Trinajstić information content (AvgIpc) is 2.48. The lowest BCUT2D eigenvalue weighted by atomic mass is 10.3. The summed E-state index contributed by atoms with van der Waals surface area (Å²) in [7, 11) is 0. The normalized spacial score (nSPS) is 11.7. The van der Waals surface area contributed by atoms with Gasteiger partial charge in [0.25, 0.3) is 0 Å². The quantitative estimate of drug-likeness (QED) is 0.461. The molecule has 9 nitrogen and oxygen atoms in total. The maximum Gasteiger partial charge on any atom is 0.323 e. The second-order valence-electron chi connectivity index (χ2n) is 4.22. The highest BCUT2D eigenvalue weighted by atomic mass is 16.5. The molecular formula is C12H23N7O2. The number of nitrogens with two attached hydrogens (primary N) is 1. The van der Waals surface area contributed by atoms with Crippen LogP contribution in [0.25, 0.3) is 0 Å². The molecule has 0 spiro atoms. The Labute approximate surface area is 124 Å². The second-order valence-corrected chi connectivity index (χ2v) is 4.22. The Kier molecular flexibility index (Phi) is 6.60. The zero-order valence-electron chi connectivity index (χ0n) is 12.9. The lowest BCUT2D eigenvalue weighted by Gasteiger charge is -2.23. The number of ether oxygens (including phenoxy) is 1. The van der Waals surface area contributed by atoms with Crippen LogP contribution in [0.3, 0.4) is 0 Å². The molecule has 1 aromatic heterocycles. The summed E-state index contributed by atoms with van der Waals surface area (Å²) in [5, 5.41) is 2.94. The van der Waals surface area contributed by atoms with Gasteiger partial charge in [0, 0.05) is 13.1 Å². The number of anilines is 2. The topological polar surface area (TPSA) is 118 Å². The molecule has 0 aliphatic rings. The third kappa shape index (κ3) is 4.71. The number of carbonyl (C=O) groups excluding carboxylic acids is 1. The molecule has 0 radical (unpaired) electrons. The molecule has 9 heteroatoms. The predicted octanol–water partition coefficient (Wildman–Crippen LogP) is 0.225. The fraction of sp³-hybridized carbons (Fsp3) is 0.667. The van der Waals surface area contributed by atoms with Crippen LogP contribution >= 0.6 is 0 Å². The van der Waals surface area contributed by atoms with E-state index in [1.165, 1.54) is 0 Å². The summed E-state index contributed by atoms with van der Waals surface area (Å²) in [6.07, 6.45) is 0. The number of aromatic nitrogens is 3. The van der Waals surface area contributed by atoms with Crippen LogP contribution in [-0.4, -0.2) is 51.5 Å². The third-order valence-corrected chi connectivity index (χ3v) is 2.81. The number of hydrazine groups is 1. The number of nitrogen functional groups attached to an aromatic ring is 1. The fourth-order valence-corrected chi connectivity index (χ4v) is 1.74. The highest BCUT2D eigenvalue weighted by Gasteiger charge is 2.19. The van der Waals surface area contributed by atoms with Gasteiger partial charge in [-0.05, 0) is 27.7 Å². The Morgan fingerprint density at radius 1 is 1.24 bits per heavy atom. The summed E-state index contributed by atoms with van der Waals surface area (Å²) in [5.41, 5.74) is 2.34. The van der Waals surface area contributed by atoms with Crippen LogP contribution < -0.4 is 21.3 Å². The number of carbonyl (C=O) groups is 1. The van der Waals surface area contributed by atoms with Crippen molar-refractivity contribution >= 4 is 17.8 Å². The van der Waals surface area contributed by atoms with Crippen LogP contribution in [0, 0.1) is 0 Å². The van der Waals surface area contributed by atoms with Crippen molar-refractivity contribution < 1.29 is 9.53 Å². The Morgan fingerprint density at radius 2 is 1.86 bits per heavy atom. The highest BCUT2D eigenvalue weighted by molar-refractivity contribution is 5.83. The Morgan fingerprint density at radius 3 is 2.38 bits per heavy atom. The minimum absolute atomic E-state index is 0.0272. The first-order valence-corrected chi connectivity index (χ1v) is 6.96. The molecule has 1 amide bonds. The Hall–Kier alpha value is -2.16. The SMILES string of the molecule is CCOc1nc(NN)nc(NC(C)C(=O)N(CC)CC)n1. The summed E-state index contributed by atoms with van der Waals surface area (Å²) in [5.74, 6) is 5.67. The van der Waals surface area contributed by atoms with Gasteiger partial charge in [-0.15, -0.1) is 0 Å². The van der Waals surface area contributed by atoms with Gasteiger partial charge in [-0.3, -0.25) is 10.2 Å². The molecule has 0 saturated heterocycles. The van der Waals surface area contributed by atoms with Gasteiger partial charge in [-0.25, -0.2) is 5.84 Å². The van der Waals surface area contributed by atoms with Gasteiger partial charge >= 0.3 is 6.01 Å². The first-order valence-electron chi connectivity index (χ1n) is 6.96. The largest absolute Gasteiger partial charge is 0.464 e. The van der Waals surface area contributed by atoms with Gasteiger partial charge in [0.2, 0.25) is 17.8 Å². The van der Waals surface area contributed by atoms with Gasteiger partial charge in [0.1, 0.15) is 6.04 Å². The summed E-state index contributed by atoms with van der Waals surface area (Å²) in [6, 6.07) is -0.321. The molecule has 0 aliphatic heterocycles. The monoisotopic (exact) mass is 297 g/mol. The predicted molar refractivity (Wildman–Crippen MR) is 79.8 cm³/mol. The van der Waals surface area contributed by atoms with Crippen molar-refractivity contribution in [2.75, 3.05) is 30.4 Å². The Balaban J connectivity index is 2.85. The van der Waals surface area contributed by atoms with E-state index in [0.717, 1.165) is 0 Å². The lowest BCUT2D eigenvalue weighted by molar-refractivity contribution is -0.131. The van der Waals surface area contributed by atoms with E-state index in [1.54, 1.807) is 11.8 Å². The van der Waals surface area contributed by atoms with E-state index in [9.17, 15) is 4.79 Å². The molecule has 0 aromatic carbocycles. The number of likely N-dealkylation sites (N-methyl/N-ethyl adjacent to an activating group) is 1. The van der Waals surface area contributed by atoms with Gasteiger partial charge in [-0.2, -0.15) is 15.0 Å². The highest BCUT2D eigenvalue weighted by Crippen LogP contribution is 2.12. The van der Waals surface area contributed by atoms with Crippen molar-refractivity contribution in [1.82, 2.24) is 19.9 Å². The molecule has 0 bridgehead atoms. The smallest absolute Gasteiger partial charge is 0.323 e. The van der Waals surface area contributed by atoms with Gasteiger partial charge < -0.3 is 15.0 Å². The zero-order chi connectivity index (χ0) is 15.8. The van der Waals surface area contributed by atoms with E-state index in [-0.39, 0.29) is 23.8 Å². The fourth-order valence-electron chi connectivity index (χ4n) is 1.74. The van der Waals surface area contributed by atoms with Gasteiger partial charge in [0.05, 0.1) is 6.61 Å². The van der Waals surface area contributed by atoms with Crippen molar-refractivity contribution in [1.29, 1.82) is 0 Å². The maximum absolute atomic E-state index is 12.2. The molecule has 118 valence electrons. The van der Waals surface area contributed by atoms with Crippen molar-refractivity contribution in [2.24, 2.45) is 5.84 Å². The third-order valence-electron chi connectivity index (χ3n) is 2.81. The van der Waals surface area contributed by atoms with Crippen molar-refractivity contribution in [3.05, 3.63) is 0 Å². The van der Waals surface area contributed by atoms with Gasteiger partial charge in [0.15, 0.2) is 0 Å². The van der Waals surface area contributed by atoms with Crippen LogP contribution in [0.1, 0.15) is 27.7 Å². The number of rotatable bonds is 8. The molecule has 4 N–H and O–H groups in total. The molecule has 0 aliphatic carbocycles. The van der Waals surface area contributed by atoms with E-state index < -0.39 is 6.04 Å². The summed E-state index contributed by atoms with van der Waals surface area (Å²) < 4.78 is 5.23. The van der Waals surface area contributed by atoms with Gasteiger partial charge in [-0.1, -0.05) is 0 Å². The minimum atomic E-state index is -0.465. The number of nitrogens with one attached hydrogen (secondary N) is 2. The first-order chi connectivity index (χ1) is 10.0. The van der Waals surface area contributed by atoms with Crippen LogP contribution in [-0.2, 0) is 4.79 Å². The number of amides is 1. The molecule has 0 saturated carbocycles. The van der Waals surface area contributed by atoms with Crippen molar-refractivity contribution in [3.8, 4) is 6.01 Å². The molecule has 1 aromatic rings. The second kappa shape index (κ2) is 8.20. The van der Waals surface area contributed by atoms with E-state index >= 15 is 0 Å². The molecule has 1 unspecified atom stereocenters. The molecule has 1 rings (SSSR count). The average molecular weight is 297 g/mol. The van der Waals surface area contributed by atoms with Crippen molar-refractivity contribution in [3.63, 3.8) is 0 Å². The Bertz CT molecular complexity index is 465. The molecule has 21 heavy (non-hydrogen) atoms. The first kappa shape index (κ1) is 16.9. The molecule has 1 heterocycles. The molecule has 0 fully saturated rings. The van der Waals surface area contributed by atoms with Crippen LogP contribution in [0.4, 0.5) is 11.9 Å².